The lowest BCUT2D eigenvalue weighted by atomic mass is 10.2. The molecule has 0 fully saturated rings. The fourth-order valence-corrected chi connectivity index (χ4v) is 3.54. The highest BCUT2D eigenvalue weighted by Gasteiger charge is 2.20. The Balaban J connectivity index is 0.00000392. The number of hydrogen-bond donors (Lipinski definition) is 2. The second-order valence-electron chi connectivity index (χ2n) is 6.19. The number of carbonyl (C=O) groups is 1. The molecule has 9 heteroatoms. The van der Waals surface area contributed by atoms with Crippen molar-refractivity contribution in [1.82, 2.24) is 15.6 Å². The zero-order chi connectivity index (χ0) is 20.0. The highest BCUT2D eigenvalue weighted by Crippen LogP contribution is 2.24. The number of esters is 1. The van der Waals surface area contributed by atoms with Crippen LogP contribution in [-0.4, -0.2) is 30.1 Å². The molecule has 0 aliphatic heterocycles. The van der Waals surface area contributed by atoms with E-state index >= 15 is 0 Å². The van der Waals surface area contributed by atoms with Gasteiger partial charge in [0.15, 0.2) is 5.96 Å². The van der Waals surface area contributed by atoms with Crippen molar-refractivity contribution in [2.45, 2.75) is 54.1 Å². The molecule has 0 radical (unpaired) electrons. The molecule has 2 rings (SSSR count). The van der Waals surface area contributed by atoms with Crippen LogP contribution in [0.3, 0.4) is 0 Å². The van der Waals surface area contributed by atoms with Gasteiger partial charge in [-0.15, -0.1) is 35.3 Å². The summed E-state index contributed by atoms with van der Waals surface area (Å²) in [6.45, 7) is 13.1. The summed E-state index contributed by atoms with van der Waals surface area (Å²) in [5.41, 5.74) is 1.75. The number of aliphatic imine (C=N–C) groups is 1. The van der Waals surface area contributed by atoms with Crippen LogP contribution in [0.15, 0.2) is 15.5 Å². The molecule has 1 unspecified atom stereocenters. The number of rotatable bonds is 7. The number of hydrogen-bond acceptors (Lipinski definition) is 6. The van der Waals surface area contributed by atoms with E-state index in [1.165, 1.54) is 11.3 Å². The van der Waals surface area contributed by atoms with Crippen molar-refractivity contribution in [3.63, 3.8) is 0 Å². The minimum absolute atomic E-state index is 0. The lowest BCUT2D eigenvalue weighted by molar-refractivity contribution is 0.0531. The summed E-state index contributed by atoms with van der Waals surface area (Å²) >= 11 is 1.35. The third kappa shape index (κ3) is 6.47. The predicted octanol–water partition coefficient (Wildman–Crippen LogP) is 4.27. The standard InChI is InChI=1S/C19H28N4O3S.HI/c1-7-20-19(21-10-15-9-11(3)26-14(15)6)23-13(5)17-22-12(4)16(27-17)18(24)25-8-2;/h9,13H,7-8,10H2,1-6H3,(H2,20,21,23);1H. The molecule has 0 bridgehead atoms. The topological polar surface area (TPSA) is 88.8 Å². The quantitative estimate of drug-likeness (QED) is 0.245. The van der Waals surface area contributed by atoms with Gasteiger partial charge in [0.1, 0.15) is 21.4 Å². The Morgan fingerprint density at radius 1 is 1.36 bits per heavy atom. The number of guanidine groups is 1. The summed E-state index contributed by atoms with van der Waals surface area (Å²) in [5.74, 6) is 2.13. The molecule has 0 aliphatic carbocycles. The summed E-state index contributed by atoms with van der Waals surface area (Å²) in [6, 6.07) is 1.91. The van der Waals surface area contributed by atoms with E-state index in [-0.39, 0.29) is 36.0 Å². The largest absolute Gasteiger partial charge is 0.466 e. The van der Waals surface area contributed by atoms with Crippen LogP contribution in [0.4, 0.5) is 0 Å². The first-order valence-corrected chi connectivity index (χ1v) is 9.92. The van der Waals surface area contributed by atoms with Gasteiger partial charge in [0.2, 0.25) is 0 Å². The zero-order valence-corrected chi connectivity index (χ0v) is 20.4. The van der Waals surface area contributed by atoms with Crippen molar-refractivity contribution >= 4 is 47.2 Å². The molecule has 0 aromatic carbocycles. The molecular weight excluding hydrogens is 491 g/mol. The second kappa shape index (κ2) is 11.4. The number of nitrogens with one attached hydrogen (secondary N) is 2. The average molecular weight is 520 g/mol. The van der Waals surface area contributed by atoms with Crippen LogP contribution in [0.5, 0.6) is 0 Å². The van der Waals surface area contributed by atoms with E-state index in [0.29, 0.717) is 29.7 Å². The maximum Gasteiger partial charge on any atom is 0.350 e. The molecular formula is C19H29IN4O3S. The van der Waals surface area contributed by atoms with Crippen LogP contribution in [0.25, 0.3) is 0 Å². The first-order chi connectivity index (χ1) is 12.8. The lowest BCUT2D eigenvalue weighted by Crippen LogP contribution is -2.38. The van der Waals surface area contributed by atoms with Crippen LogP contribution in [0.1, 0.15) is 64.3 Å². The number of nitrogens with zero attached hydrogens (tertiary/aromatic N) is 2. The van der Waals surface area contributed by atoms with Gasteiger partial charge in [-0.05, 0) is 47.6 Å². The molecule has 0 saturated heterocycles. The van der Waals surface area contributed by atoms with Gasteiger partial charge in [0.25, 0.3) is 0 Å². The fourth-order valence-electron chi connectivity index (χ4n) is 2.58. The van der Waals surface area contributed by atoms with Crippen molar-refractivity contribution in [1.29, 1.82) is 0 Å². The van der Waals surface area contributed by atoms with Crippen molar-refractivity contribution in [2.24, 2.45) is 4.99 Å². The third-order valence-electron chi connectivity index (χ3n) is 3.89. The summed E-state index contributed by atoms with van der Waals surface area (Å²) in [6.07, 6.45) is 0. The van der Waals surface area contributed by atoms with Crippen molar-refractivity contribution in [3.05, 3.63) is 38.7 Å². The molecule has 0 saturated carbocycles. The average Bonchev–Trinajstić information content (AvgIpc) is 3.15. The Kier molecular flexibility index (Phi) is 9.94. The first-order valence-electron chi connectivity index (χ1n) is 9.10. The normalized spacial score (nSPS) is 12.3. The van der Waals surface area contributed by atoms with E-state index in [1.807, 2.05) is 40.7 Å². The summed E-state index contributed by atoms with van der Waals surface area (Å²) in [4.78, 5) is 21.7. The molecule has 1 atom stereocenters. The fraction of sp³-hybridized carbons (Fsp3) is 0.526. The van der Waals surface area contributed by atoms with Crippen LogP contribution < -0.4 is 10.6 Å². The van der Waals surface area contributed by atoms with Crippen LogP contribution >= 0.6 is 35.3 Å². The van der Waals surface area contributed by atoms with Gasteiger partial charge in [0.05, 0.1) is 24.9 Å². The van der Waals surface area contributed by atoms with Crippen LogP contribution in [0, 0.1) is 20.8 Å². The highest BCUT2D eigenvalue weighted by molar-refractivity contribution is 14.0. The first kappa shape index (κ1) is 24.4. The number of furan rings is 1. The molecule has 2 aromatic heterocycles. The monoisotopic (exact) mass is 520 g/mol. The zero-order valence-electron chi connectivity index (χ0n) is 17.2. The minimum Gasteiger partial charge on any atom is -0.466 e. The molecule has 28 heavy (non-hydrogen) atoms. The number of thiazole rings is 1. The van der Waals surface area contributed by atoms with Crippen LogP contribution in [-0.2, 0) is 11.3 Å². The van der Waals surface area contributed by atoms with Crippen molar-refractivity contribution in [3.8, 4) is 0 Å². The highest BCUT2D eigenvalue weighted by atomic mass is 127. The Labute approximate surface area is 187 Å². The lowest BCUT2D eigenvalue weighted by Gasteiger charge is -2.16. The molecule has 156 valence electrons. The van der Waals surface area contributed by atoms with Gasteiger partial charge in [-0.2, -0.15) is 0 Å². The van der Waals surface area contributed by atoms with Gasteiger partial charge >= 0.3 is 5.97 Å². The van der Waals surface area contributed by atoms with E-state index in [1.54, 1.807) is 6.92 Å². The number of halogens is 1. The van der Waals surface area contributed by atoms with Gasteiger partial charge in [-0.25, -0.2) is 14.8 Å². The number of carbonyl (C=O) groups excluding carboxylic acids is 1. The van der Waals surface area contributed by atoms with Gasteiger partial charge in [-0.1, -0.05) is 0 Å². The molecule has 0 spiro atoms. The number of aryl methyl sites for hydroxylation is 3. The number of aromatic nitrogens is 1. The third-order valence-corrected chi connectivity index (χ3v) is 5.21. The smallest absolute Gasteiger partial charge is 0.350 e. The maximum absolute atomic E-state index is 12.0. The Bertz CT molecular complexity index is 816. The van der Waals surface area contributed by atoms with E-state index in [2.05, 4.69) is 20.6 Å². The number of ether oxygens (including phenoxy) is 1. The Morgan fingerprint density at radius 3 is 2.64 bits per heavy atom. The molecule has 2 aromatic rings. The molecule has 2 N–H and O–H groups in total. The molecule has 2 heterocycles. The van der Waals surface area contributed by atoms with E-state index in [4.69, 9.17) is 9.15 Å². The summed E-state index contributed by atoms with van der Waals surface area (Å²) in [7, 11) is 0. The molecule has 0 amide bonds. The van der Waals surface area contributed by atoms with E-state index in [9.17, 15) is 4.79 Å². The van der Waals surface area contributed by atoms with Crippen molar-refractivity contribution in [2.75, 3.05) is 13.2 Å². The van der Waals surface area contributed by atoms with Crippen LogP contribution in [0.2, 0.25) is 0 Å². The predicted molar refractivity (Wildman–Crippen MR) is 123 cm³/mol. The second-order valence-corrected chi connectivity index (χ2v) is 7.22. The minimum atomic E-state index is -0.322. The Morgan fingerprint density at radius 2 is 2.07 bits per heavy atom. The van der Waals surface area contributed by atoms with Gasteiger partial charge in [-0.3, -0.25) is 0 Å². The maximum atomic E-state index is 12.0. The van der Waals surface area contributed by atoms with Gasteiger partial charge < -0.3 is 19.8 Å². The summed E-state index contributed by atoms with van der Waals surface area (Å²) in [5, 5.41) is 7.40. The van der Waals surface area contributed by atoms with E-state index in [0.717, 1.165) is 28.6 Å². The van der Waals surface area contributed by atoms with E-state index < -0.39 is 0 Å². The SMILES string of the molecule is CCNC(=NCc1cc(C)oc1C)NC(C)c1nc(C)c(C(=O)OCC)s1.I. The van der Waals surface area contributed by atoms with Crippen molar-refractivity contribution < 1.29 is 13.9 Å². The molecule has 0 aliphatic rings. The van der Waals surface area contributed by atoms with Gasteiger partial charge in [0, 0.05) is 12.1 Å². The molecule has 7 nitrogen and oxygen atoms in total. The Hall–Kier alpha value is -1.62. The summed E-state index contributed by atoms with van der Waals surface area (Å²) < 4.78 is 10.6.